The van der Waals surface area contributed by atoms with Crippen LogP contribution in [0, 0.1) is 10.1 Å². The molecule has 3 rings (SSSR count). The van der Waals surface area contributed by atoms with Gasteiger partial charge in [-0.05, 0) is 29.5 Å². The fourth-order valence-corrected chi connectivity index (χ4v) is 5.29. The van der Waals surface area contributed by atoms with Crippen LogP contribution in [0.25, 0.3) is 0 Å². The van der Waals surface area contributed by atoms with E-state index in [0.717, 1.165) is 11.1 Å². The standard InChI is InChI=1S/C21H24N2O5S/c1-15(2)17-9-7-16(8-10-17)13-22(18-11-12-29(27,28)14-18)21(24)19-5-3-4-6-20(19)23(25)26/h3-10,15,18H,11-14H2,1-2H3. The number of hydrogen-bond donors (Lipinski definition) is 0. The number of carbonyl (C=O) groups excluding carboxylic acids is 1. The first-order valence-corrected chi connectivity index (χ1v) is 11.3. The van der Waals surface area contributed by atoms with Gasteiger partial charge in [-0.15, -0.1) is 0 Å². The Bertz CT molecular complexity index is 1020. The molecule has 1 aliphatic rings. The molecular formula is C21H24N2O5S. The third-order valence-electron chi connectivity index (χ3n) is 5.24. The number of hydrogen-bond acceptors (Lipinski definition) is 5. The summed E-state index contributed by atoms with van der Waals surface area (Å²) in [6, 6.07) is 13.1. The Morgan fingerprint density at radius 1 is 1.17 bits per heavy atom. The van der Waals surface area contributed by atoms with Gasteiger partial charge in [-0.1, -0.05) is 50.2 Å². The lowest BCUT2D eigenvalue weighted by atomic mass is 10.0. The third kappa shape index (κ3) is 4.82. The van der Waals surface area contributed by atoms with Gasteiger partial charge in [-0.25, -0.2) is 8.42 Å². The number of benzene rings is 2. The van der Waals surface area contributed by atoms with Crippen molar-refractivity contribution in [2.75, 3.05) is 11.5 Å². The molecule has 29 heavy (non-hydrogen) atoms. The zero-order valence-corrected chi connectivity index (χ0v) is 17.3. The van der Waals surface area contributed by atoms with E-state index in [1.165, 1.54) is 23.1 Å². The quantitative estimate of drug-likeness (QED) is 0.530. The molecule has 0 spiro atoms. The van der Waals surface area contributed by atoms with E-state index in [1.54, 1.807) is 6.07 Å². The highest BCUT2D eigenvalue weighted by Gasteiger charge is 2.36. The number of amides is 1. The lowest BCUT2D eigenvalue weighted by molar-refractivity contribution is -0.385. The number of nitro groups is 1. The van der Waals surface area contributed by atoms with E-state index in [4.69, 9.17) is 0 Å². The molecule has 0 bridgehead atoms. The fraction of sp³-hybridized carbons (Fsp3) is 0.381. The maximum absolute atomic E-state index is 13.3. The van der Waals surface area contributed by atoms with E-state index >= 15 is 0 Å². The lowest BCUT2D eigenvalue weighted by Crippen LogP contribution is -2.40. The van der Waals surface area contributed by atoms with Crippen molar-refractivity contribution in [3.05, 3.63) is 75.3 Å². The number of sulfone groups is 1. The van der Waals surface area contributed by atoms with E-state index in [1.807, 2.05) is 24.3 Å². The van der Waals surface area contributed by atoms with Crippen molar-refractivity contribution in [3.63, 3.8) is 0 Å². The van der Waals surface area contributed by atoms with E-state index in [-0.39, 0.29) is 29.3 Å². The summed E-state index contributed by atoms with van der Waals surface area (Å²) in [6.45, 7) is 4.37. The Morgan fingerprint density at radius 2 is 1.83 bits per heavy atom. The SMILES string of the molecule is CC(C)c1ccc(CN(C(=O)c2ccccc2[N+](=O)[O-])C2CCS(=O)(=O)C2)cc1. The van der Waals surface area contributed by atoms with Crippen LogP contribution in [-0.4, -0.2) is 41.7 Å². The monoisotopic (exact) mass is 416 g/mol. The van der Waals surface area contributed by atoms with Gasteiger partial charge in [-0.3, -0.25) is 14.9 Å². The van der Waals surface area contributed by atoms with Gasteiger partial charge in [0.05, 0.1) is 16.4 Å². The molecule has 154 valence electrons. The maximum atomic E-state index is 13.3. The topological polar surface area (TPSA) is 97.6 Å². The molecule has 1 aliphatic heterocycles. The molecule has 1 heterocycles. The van der Waals surface area contributed by atoms with Crippen LogP contribution in [0.5, 0.6) is 0 Å². The highest BCUT2D eigenvalue weighted by atomic mass is 32.2. The van der Waals surface area contributed by atoms with E-state index in [0.29, 0.717) is 12.3 Å². The van der Waals surface area contributed by atoms with Crippen molar-refractivity contribution in [1.82, 2.24) is 4.90 Å². The molecule has 0 saturated carbocycles. The molecule has 7 nitrogen and oxygen atoms in total. The molecule has 0 N–H and O–H groups in total. The summed E-state index contributed by atoms with van der Waals surface area (Å²) < 4.78 is 24.0. The van der Waals surface area contributed by atoms with Gasteiger partial charge in [0.15, 0.2) is 9.84 Å². The molecule has 0 aromatic heterocycles. The van der Waals surface area contributed by atoms with Crippen LogP contribution >= 0.6 is 0 Å². The van der Waals surface area contributed by atoms with Crippen molar-refractivity contribution in [2.45, 2.75) is 38.8 Å². The van der Waals surface area contributed by atoms with Gasteiger partial charge in [-0.2, -0.15) is 0 Å². The average Bonchev–Trinajstić information content (AvgIpc) is 3.05. The van der Waals surface area contributed by atoms with Gasteiger partial charge in [0.1, 0.15) is 5.56 Å². The summed E-state index contributed by atoms with van der Waals surface area (Å²) in [5.74, 6) is -0.255. The Hall–Kier alpha value is -2.74. The van der Waals surface area contributed by atoms with E-state index in [2.05, 4.69) is 13.8 Å². The Labute approximate surface area is 170 Å². The van der Waals surface area contributed by atoms with Gasteiger partial charge in [0.2, 0.25) is 0 Å². The summed E-state index contributed by atoms with van der Waals surface area (Å²) in [5.41, 5.74) is 1.71. The second kappa shape index (κ2) is 8.32. The van der Waals surface area contributed by atoms with Crippen molar-refractivity contribution in [3.8, 4) is 0 Å². The van der Waals surface area contributed by atoms with Gasteiger partial charge in [0, 0.05) is 18.7 Å². The molecule has 0 radical (unpaired) electrons. The highest BCUT2D eigenvalue weighted by molar-refractivity contribution is 7.91. The van der Waals surface area contributed by atoms with Crippen LogP contribution in [0.3, 0.4) is 0 Å². The zero-order valence-electron chi connectivity index (χ0n) is 16.4. The normalized spacial score (nSPS) is 18.0. The maximum Gasteiger partial charge on any atom is 0.282 e. The lowest BCUT2D eigenvalue weighted by Gasteiger charge is -2.28. The molecule has 2 aromatic rings. The van der Waals surface area contributed by atoms with Crippen LogP contribution < -0.4 is 0 Å². The summed E-state index contributed by atoms with van der Waals surface area (Å²) >= 11 is 0. The number of nitrogens with zero attached hydrogens (tertiary/aromatic N) is 2. The molecule has 1 amide bonds. The number of carbonyl (C=O) groups is 1. The van der Waals surface area contributed by atoms with Crippen LogP contribution in [-0.2, 0) is 16.4 Å². The number of para-hydroxylation sites is 1. The molecule has 2 aromatic carbocycles. The third-order valence-corrected chi connectivity index (χ3v) is 6.99. The first-order chi connectivity index (χ1) is 13.7. The minimum atomic E-state index is -3.22. The highest BCUT2D eigenvalue weighted by Crippen LogP contribution is 2.26. The molecule has 1 saturated heterocycles. The van der Waals surface area contributed by atoms with Crippen LogP contribution in [0.15, 0.2) is 48.5 Å². The summed E-state index contributed by atoms with van der Waals surface area (Å²) in [5, 5.41) is 11.4. The first-order valence-electron chi connectivity index (χ1n) is 9.51. The molecule has 8 heteroatoms. The Morgan fingerprint density at radius 3 is 2.38 bits per heavy atom. The Kier molecular flexibility index (Phi) is 6.02. The molecular weight excluding hydrogens is 392 g/mol. The Balaban J connectivity index is 1.95. The summed E-state index contributed by atoms with van der Waals surface area (Å²) in [4.78, 5) is 25.5. The zero-order chi connectivity index (χ0) is 21.2. The van der Waals surface area contributed by atoms with Crippen LogP contribution in [0.4, 0.5) is 5.69 Å². The largest absolute Gasteiger partial charge is 0.330 e. The first kappa shape index (κ1) is 21.0. The van der Waals surface area contributed by atoms with Crippen molar-refractivity contribution in [2.24, 2.45) is 0 Å². The van der Waals surface area contributed by atoms with E-state index < -0.39 is 26.7 Å². The minimum Gasteiger partial charge on any atom is -0.330 e. The average molecular weight is 416 g/mol. The molecule has 1 atom stereocenters. The van der Waals surface area contributed by atoms with Gasteiger partial charge < -0.3 is 4.90 Å². The van der Waals surface area contributed by atoms with E-state index in [9.17, 15) is 23.3 Å². The molecule has 0 aliphatic carbocycles. The van der Waals surface area contributed by atoms with Crippen molar-refractivity contribution in [1.29, 1.82) is 0 Å². The minimum absolute atomic E-state index is 0.0185. The molecule has 1 unspecified atom stereocenters. The number of rotatable bonds is 6. The van der Waals surface area contributed by atoms with Crippen LogP contribution in [0.2, 0.25) is 0 Å². The van der Waals surface area contributed by atoms with Gasteiger partial charge >= 0.3 is 0 Å². The summed E-state index contributed by atoms with van der Waals surface area (Å²) in [6.07, 6.45) is 0.332. The predicted octanol–water partition coefficient (Wildman–Crippen LogP) is 3.55. The van der Waals surface area contributed by atoms with Crippen molar-refractivity contribution >= 4 is 21.4 Å². The molecule has 1 fully saturated rings. The smallest absolute Gasteiger partial charge is 0.282 e. The fourth-order valence-electron chi connectivity index (χ4n) is 3.56. The number of nitro benzene ring substituents is 1. The predicted molar refractivity (Wildman–Crippen MR) is 111 cm³/mol. The van der Waals surface area contributed by atoms with Crippen LogP contribution in [0.1, 0.15) is 47.7 Å². The van der Waals surface area contributed by atoms with Gasteiger partial charge in [0.25, 0.3) is 11.6 Å². The summed E-state index contributed by atoms with van der Waals surface area (Å²) in [7, 11) is -3.22. The second-order valence-corrected chi connectivity index (χ2v) is 9.89. The van der Waals surface area contributed by atoms with Crippen molar-refractivity contribution < 1.29 is 18.1 Å². The second-order valence-electron chi connectivity index (χ2n) is 7.66.